The molecule has 0 fully saturated rings. The number of nitrogens with two attached hydrogens (primary N) is 1. The van der Waals surface area contributed by atoms with Crippen molar-refractivity contribution in [1.29, 1.82) is 0 Å². The molecular formula is C13H20N2O4. The van der Waals surface area contributed by atoms with Gasteiger partial charge in [-0.25, -0.2) is 0 Å². The minimum atomic E-state index is -0.998. The number of aliphatic hydroxyl groups excluding tert-OH is 2. The number of aliphatic hydroxyl groups is 2. The van der Waals surface area contributed by atoms with Crippen LogP contribution < -0.4 is 15.8 Å². The van der Waals surface area contributed by atoms with Crippen LogP contribution in [0.1, 0.15) is 13.3 Å². The zero-order chi connectivity index (χ0) is 14.3. The van der Waals surface area contributed by atoms with E-state index in [4.69, 9.17) is 10.5 Å². The Labute approximate surface area is 112 Å². The minimum absolute atomic E-state index is 0.189. The van der Waals surface area contributed by atoms with Gasteiger partial charge in [-0.1, -0.05) is 6.92 Å². The van der Waals surface area contributed by atoms with Gasteiger partial charge in [-0.3, -0.25) is 4.79 Å². The quantitative estimate of drug-likeness (QED) is 0.517. The monoisotopic (exact) mass is 268 g/mol. The van der Waals surface area contributed by atoms with Crippen LogP contribution in [0, 0.1) is 0 Å². The molecule has 0 aliphatic heterocycles. The maximum absolute atomic E-state index is 11.7. The van der Waals surface area contributed by atoms with Crippen LogP contribution in [0.4, 0.5) is 5.69 Å². The normalized spacial score (nSPS) is 11.1. The van der Waals surface area contributed by atoms with Gasteiger partial charge >= 0.3 is 0 Å². The molecule has 0 unspecified atom stereocenters. The molecule has 0 saturated carbocycles. The zero-order valence-corrected chi connectivity index (χ0v) is 10.9. The number of benzene rings is 1. The summed E-state index contributed by atoms with van der Waals surface area (Å²) in [6.45, 7) is 0.931. The van der Waals surface area contributed by atoms with E-state index < -0.39 is 11.4 Å². The fourth-order valence-electron chi connectivity index (χ4n) is 1.49. The lowest BCUT2D eigenvalue weighted by Gasteiger charge is -2.29. The van der Waals surface area contributed by atoms with Crippen LogP contribution in [-0.4, -0.2) is 41.5 Å². The predicted octanol–water partition coefficient (Wildman–Crippen LogP) is -0.103. The summed E-state index contributed by atoms with van der Waals surface area (Å²) >= 11 is 0. The smallest absolute Gasteiger partial charge is 0.258 e. The molecule has 0 spiro atoms. The molecule has 1 aromatic carbocycles. The SMILES string of the molecule is CCC(CO)(CO)NC(=O)COc1ccc(N)cc1. The first-order valence-electron chi connectivity index (χ1n) is 6.06. The Morgan fingerprint density at radius 3 is 2.37 bits per heavy atom. The maximum atomic E-state index is 11.7. The topological polar surface area (TPSA) is 105 Å². The zero-order valence-electron chi connectivity index (χ0n) is 10.9. The van der Waals surface area contributed by atoms with E-state index in [1.807, 2.05) is 0 Å². The second-order valence-corrected chi connectivity index (χ2v) is 4.36. The number of nitrogen functional groups attached to an aromatic ring is 1. The summed E-state index contributed by atoms with van der Waals surface area (Å²) in [5, 5.41) is 21.0. The van der Waals surface area contributed by atoms with Crippen molar-refractivity contribution >= 4 is 11.6 Å². The number of ether oxygens (including phenoxy) is 1. The highest BCUT2D eigenvalue weighted by molar-refractivity contribution is 5.78. The van der Waals surface area contributed by atoms with Gasteiger partial charge in [0.15, 0.2) is 6.61 Å². The molecule has 0 bridgehead atoms. The van der Waals surface area contributed by atoms with Crippen molar-refractivity contribution in [3.8, 4) is 5.75 Å². The van der Waals surface area contributed by atoms with Crippen molar-refractivity contribution in [3.63, 3.8) is 0 Å². The molecule has 5 N–H and O–H groups in total. The number of nitrogens with one attached hydrogen (secondary N) is 1. The summed E-state index contributed by atoms with van der Waals surface area (Å²) in [6, 6.07) is 6.66. The standard InChI is InChI=1S/C13H20N2O4/c1-2-13(8-16,9-17)15-12(18)7-19-11-5-3-10(14)4-6-11/h3-6,16-17H,2,7-9,14H2,1H3,(H,15,18). The Morgan fingerprint density at radius 1 is 1.32 bits per heavy atom. The molecule has 6 nitrogen and oxygen atoms in total. The highest BCUT2D eigenvalue weighted by Gasteiger charge is 2.28. The summed E-state index contributed by atoms with van der Waals surface area (Å²) in [5.41, 5.74) is 5.14. The molecule has 106 valence electrons. The van der Waals surface area contributed by atoms with Gasteiger partial charge in [-0.05, 0) is 30.7 Å². The van der Waals surface area contributed by atoms with Crippen LogP contribution in [0.2, 0.25) is 0 Å². The van der Waals surface area contributed by atoms with Crippen LogP contribution in [-0.2, 0) is 4.79 Å². The molecule has 6 heteroatoms. The van der Waals surface area contributed by atoms with Crippen molar-refractivity contribution in [2.75, 3.05) is 25.6 Å². The van der Waals surface area contributed by atoms with Gasteiger partial charge in [-0.15, -0.1) is 0 Å². The summed E-state index contributed by atoms with van der Waals surface area (Å²) in [7, 11) is 0. The number of carbonyl (C=O) groups is 1. The fraction of sp³-hybridized carbons (Fsp3) is 0.462. The second-order valence-electron chi connectivity index (χ2n) is 4.36. The molecular weight excluding hydrogens is 248 g/mol. The highest BCUT2D eigenvalue weighted by atomic mass is 16.5. The fourth-order valence-corrected chi connectivity index (χ4v) is 1.49. The van der Waals surface area contributed by atoms with E-state index in [1.165, 1.54) is 0 Å². The number of carbonyl (C=O) groups excluding carboxylic acids is 1. The van der Waals surface area contributed by atoms with Crippen LogP contribution in [0.15, 0.2) is 24.3 Å². The van der Waals surface area contributed by atoms with Crippen molar-refractivity contribution in [3.05, 3.63) is 24.3 Å². The Hall–Kier alpha value is -1.79. The van der Waals surface area contributed by atoms with Gasteiger partial charge in [-0.2, -0.15) is 0 Å². The molecule has 19 heavy (non-hydrogen) atoms. The average Bonchev–Trinajstić information content (AvgIpc) is 2.44. The van der Waals surface area contributed by atoms with E-state index in [0.717, 1.165) is 0 Å². The van der Waals surface area contributed by atoms with E-state index in [9.17, 15) is 15.0 Å². The number of rotatable bonds is 7. The molecule has 1 amide bonds. The summed E-state index contributed by atoms with van der Waals surface area (Å²) < 4.78 is 5.27. The molecule has 1 rings (SSSR count). The maximum Gasteiger partial charge on any atom is 0.258 e. The van der Waals surface area contributed by atoms with Crippen LogP contribution >= 0.6 is 0 Å². The average molecular weight is 268 g/mol. The lowest BCUT2D eigenvalue weighted by molar-refractivity contribution is -0.126. The van der Waals surface area contributed by atoms with E-state index in [2.05, 4.69) is 5.32 Å². The Balaban J connectivity index is 2.49. The van der Waals surface area contributed by atoms with E-state index in [-0.39, 0.29) is 19.8 Å². The second kappa shape index (κ2) is 6.96. The Bertz CT molecular complexity index is 393. The Morgan fingerprint density at radius 2 is 1.89 bits per heavy atom. The third-order valence-electron chi connectivity index (χ3n) is 2.94. The van der Waals surface area contributed by atoms with Crippen molar-refractivity contribution in [2.45, 2.75) is 18.9 Å². The van der Waals surface area contributed by atoms with Gasteiger partial charge < -0.3 is 26.0 Å². The molecule has 0 aromatic heterocycles. The minimum Gasteiger partial charge on any atom is -0.484 e. The van der Waals surface area contributed by atoms with Crippen molar-refractivity contribution in [2.24, 2.45) is 0 Å². The molecule has 0 radical (unpaired) electrons. The molecule has 0 aliphatic carbocycles. The highest BCUT2D eigenvalue weighted by Crippen LogP contribution is 2.13. The van der Waals surface area contributed by atoms with Crippen LogP contribution in [0.25, 0.3) is 0 Å². The molecule has 0 heterocycles. The first-order valence-corrected chi connectivity index (χ1v) is 6.06. The molecule has 0 saturated heterocycles. The van der Waals surface area contributed by atoms with E-state index >= 15 is 0 Å². The third kappa shape index (κ3) is 4.42. The van der Waals surface area contributed by atoms with Crippen LogP contribution in [0.5, 0.6) is 5.75 Å². The molecule has 0 atom stereocenters. The largest absolute Gasteiger partial charge is 0.484 e. The van der Waals surface area contributed by atoms with Gasteiger partial charge in [0, 0.05) is 5.69 Å². The molecule has 0 aliphatic rings. The predicted molar refractivity (Wildman–Crippen MR) is 71.7 cm³/mol. The van der Waals surface area contributed by atoms with E-state index in [1.54, 1.807) is 31.2 Å². The van der Waals surface area contributed by atoms with Gasteiger partial charge in [0.25, 0.3) is 5.91 Å². The summed E-state index contributed by atoms with van der Waals surface area (Å²) in [4.78, 5) is 11.7. The van der Waals surface area contributed by atoms with Crippen LogP contribution in [0.3, 0.4) is 0 Å². The summed E-state index contributed by atoms with van der Waals surface area (Å²) in [6.07, 6.45) is 0.424. The third-order valence-corrected chi connectivity index (χ3v) is 2.94. The lowest BCUT2D eigenvalue weighted by atomic mass is 9.98. The number of amides is 1. The first kappa shape index (κ1) is 15.3. The van der Waals surface area contributed by atoms with Crippen molar-refractivity contribution < 1.29 is 19.7 Å². The molecule has 1 aromatic rings. The van der Waals surface area contributed by atoms with E-state index in [0.29, 0.717) is 17.9 Å². The van der Waals surface area contributed by atoms with Crippen molar-refractivity contribution in [1.82, 2.24) is 5.32 Å². The summed E-state index contributed by atoms with van der Waals surface area (Å²) in [5.74, 6) is 0.126. The first-order chi connectivity index (χ1) is 9.05. The van der Waals surface area contributed by atoms with Gasteiger partial charge in [0.1, 0.15) is 5.75 Å². The van der Waals surface area contributed by atoms with Gasteiger partial charge in [0.2, 0.25) is 0 Å². The number of hydrogen-bond donors (Lipinski definition) is 4. The lowest BCUT2D eigenvalue weighted by Crippen LogP contribution is -2.54. The number of anilines is 1. The Kier molecular flexibility index (Phi) is 5.59. The van der Waals surface area contributed by atoms with Gasteiger partial charge in [0.05, 0.1) is 18.8 Å². The number of hydrogen-bond acceptors (Lipinski definition) is 5.